The normalized spacial score (nSPS) is 17.0. The van der Waals surface area contributed by atoms with Crippen LogP contribution in [0.1, 0.15) is 19.8 Å². The molecule has 0 fully saturated rings. The number of carboxylic acid groups (broad SMARTS) is 2. The minimum absolute atomic E-state index is 0.150. The minimum Gasteiger partial charge on any atom is -0.481 e. The molecule has 2 N–H and O–H groups in total. The van der Waals surface area contributed by atoms with Crippen LogP contribution >= 0.6 is 0 Å². The highest BCUT2D eigenvalue weighted by Crippen LogP contribution is 2.18. The molecule has 7 heteroatoms. The molecule has 1 aliphatic rings. The molecule has 1 unspecified atom stereocenters. The number of aliphatic carboxylic acids is 2. The number of nitrogens with zero attached hydrogens (tertiary/aromatic N) is 1. The second kappa shape index (κ2) is 4.77. The molecule has 1 heterocycles. The molecule has 1 atom stereocenters. The molecule has 92 valence electrons. The maximum Gasteiger partial charge on any atom is 0.326 e. The van der Waals surface area contributed by atoms with Crippen molar-refractivity contribution < 1.29 is 29.4 Å². The number of imide groups is 1. The number of carboxylic acids is 2. The van der Waals surface area contributed by atoms with Crippen molar-refractivity contribution in [3.63, 3.8) is 0 Å². The monoisotopic (exact) mass is 241 g/mol. The van der Waals surface area contributed by atoms with Gasteiger partial charge in [-0.25, -0.2) is 4.79 Å². The molecule has 0 aromatic rings. The van der Waals surface area contributed by atoms with Crippen molar-refractivity contribution >= 4 is 23.8 Å². The van der Waals surface area contributed by atoms with Gasteiger partial charge in [0.05, 0.1) is 0 Å². The van der Waals surface area contributed by atoms with Crippen molar-refractivity contribution in [2.24, 2.45) is 0 Å². The van der Waals surface area contributed by atoms with Crippen LogP contribution in [0.3, 0.4) is 0 Å². The number of carbonyl (C=O) groups excluding carboxylic acids is 2. The summed E-state index contributed by atoms with van der Waals surface area (Å²) in [6.45, 7) is 1.40. The van der Waals surface area contributed by atoms with Crippen molar-refractivity contribution in [3.05, 3.63) is 11.6 Å². The van der Waals surface area contributed by atoms with E-state index in [1.807, 2.05) is 0 Å². The van der Waals surface area contributed by atoms with Crippen molar-refractivity contribution in [2.75, 3.05) is 0 Å². The standard InChI is InChI=1S/C10H11NO6/c1-5-4-7(12)11(9(5)15)6(10(16)17)2-3-8(13)14/h4,6H,2-3H2,1H3,(H,13,14)(H,16,17). The van der Waals surface area contributed by atoms with Gasteiger partial charge in [0.15, 0.2) is 0 Å². The van der Waals surface area contributed by atoms with E-state index < -0.39 is 36.2 Å². The first-order valence-electron chi connectivity index (χ1n) is 4.85. The zero-order chi connectivity index (χ0) is 13.2. The Morgan fingerprint density at radius 1 is 1.35 bits per heavy atom. The summed E-state index contributed by atoms with van der Waals surface area (Å²) < 4.78 is 0. The van der Waals surface area contributed by atoms with E-state index in [4.69, 9.17) is 10.2 Å². The van der Waals surface area contributed by atoms with E-state index in [0.29, 0.717) is 4.90 Å². The fourth-order valence-corrected chi connectivity index (χ4v) is 1.52. The summed E-state index contributed by atoms with van der Waals surface area (Å²) in [7, 11) is 0. The highest BCUT2D eigenvalue weighted by Gasteiger charge is 2.38. The molecule has 0 saturated carbocycles. The summed E-state index contributed by atoms with van der Waals surface area (Å²) in [4.78, 5) is 44.8. The summed E-state index contributed by atoms with van der Waals surface area (Å²) in [6, 6.07) is -1.43. The third kappa shape index (κ3) is 2.68. The van der Waals surface area contributed by atoms with E-state index in [9.17, 15) is 19.2 Å². The average Bonchev–Trinajstić information content (AvgIpc) is 2.44. The Morgan fingerprint density at radius 2 is 1.94 bits per heavy atom. The molecule has 0 spiro atoms. The van der Waals surface area contributed by atoms with Crippen LogP contribution in [0.5, 0.6) is 0 Å². The molecule has 17 heavy (non-hydrogen) atoms. The van der Waals surface area contributed by atoms with E-state index >= 15 is 0 Å². The Kier molecular flexibility index (Phi) is 3.62. The van der Waals surface area contributed by atoms with E-state index in [-0.39, 0.29) is 12.0 Å². The van der Waals surface area contributed by atoms with E-state index in [1.54, 1.807) is 0 Å². The van der Waals surface area contributed by atoms with Crippen LogP contribution in [0.25, 0.3) is 0 Å². The molecule has 0 bridgehead atoms. The van der Waals surface area contributed by atoms with Crippen LogP contribution in [-0.4, -0.2) is 44.9 Å². The van der Waals surface area contributed by atoms with Gasteiger partial charge in [0, 0.05) is 18.1 Å². The van der Waals surface area contributed by atoms with Crippen molar-refractivity contribution in [1.29, 1.82) is 0 Å². The molecule has 2 amide bonds. The maximum absolute atomic E-state index is 11.5. The van der Waals surface area contributed by atoms with Gasteiger partial charge in [-0.1, -0.05) is 0 Å². The Balaban J connectivity index is 2.86. The molecule has 1 aliphatic heterocycles. The number of hydrogen-bond donors (Lipinski definition) is 2. The van der Waals surface area contributed by atoms with E-state index in [1.165, 1.54) is 6.92 Å². The molecule has 0 aromatic carbocycles. The summed E-state index contributed by atoms with van der Waals surface area (Å²) in [5.41, 5.74) is 0.150. The van der Waals surface area contributed by atoms with Crippen LogP contribution < -0.4 is 0 Å². The van der Waals surface area contributed by atoms with Gasteiger partial charge in [-0.3, -0.25) is 19.3 Å². The Morgan fingerprint density at radius 3 is 2.29 bits per heavy atom. The fourth-order valence-electron chi connectivity index (χ4n) is 1.52. The fraction of sp³-hybridized carbons (Fsp3) is 0.400. The maximum atomic E-state index is 11.5. The smallest absolute Gasteiger partial charge is 0.326 e. The number of amides is 2. The highest BCUT2D eigenvalue weighted by molar-refractivity contribution is 6.17. The number of hydrogen-bond acceptors (Lipinski definition) is 4. The molecule has 7 nitrogen and oxygen atoms in total. The number of rotatable bonds is 5. The summed E-state index contributed by atoms with van der Waals surface area (Å²) in [5.74, 6) is -3.98. The zero-order valence-electron chi connectivity index (χ0n) is 9.04. The minimum atomic E-state index is -1.43. The van der Waals surface area contributed by atoms with Gasteiger partial charge in [0.25, 0.3) is 11.8 Å². The highest BCUT2D eigenvalue weighted by atomic mass is 16.4. The summed E-state index contributed by atoms with van der Waals surface area (Å²) in [6.07, 6.45) is 0.315. The molecule has 0 saturated heterocycles. The average molecular weight is 241 g/mol. The molecular weight excluding hydrogens is 230 g/mol. The topological polar surface area (TPSA) is 112 Å². The molecule has 0 aromatic heterocycles. The van der Waals surface area contributed by atoms with Crippen molar-refractivity contribution in [3.8, 4) is 0 Å². The number of carbonyl (C=O) groups is 4. The van der Waals surface area contributed by atoms with Crippen LogP contribution in [-0.2, 0) is 19.2 Å². The first-order valence-corrected chi connectivity index (χ1v) is 4.85. The van der Waals surface area contributed by atoms with Crippen LogP contribution in [0, 0.1) is 0 Å². The van der Waals surface area contributed by atoms with Gasteiger partial charge in [0.1, 0.15) is 6.04 Å². The van der Waals surface area contributed by atoms with Gasteiger partial charge in [-0.2, -0.15) is 0 Å². The van der Waals surface area contributed by atoms with Crippen molar-refractivity contribution in [1.82, 2.24) is 4.90 Å². The Bertz CT molecular complexity index is 425. The SMILES string of the molecule is CC1=CC(=O)N(C(CCC(=O)O)C(=O)O)C1=O. The van der Waals surface area contributed by atoms with Gasteiger partial charge < -0.3 is 10.2 Å². The van der Waals surface area contributed by atoms with Gasteiger partial charge >= 0.3 is 11.9 Å². The lowest BCUT2D eigenvalue weighted by Crippen LogP contribution is -2.45. The predicted molar refractivity (Wildman–Crippen MR) is 53.9 cm³/mol. The molecular formula is C10H11NO6. The lowest BCUT2D eigenvalue weighted by molar-refractivity contribution is -0.154. The third-order valence-corrected chi connectivity index (χ3v) is 2.36. The lowest BCUT2D eigenvalue weighted by atomic mass is 10.1. The largest absolute Gasteiger partial charge is 0.481 e. The summed E-state index contributed by atoms with van der Waals surface area (Å²) >= 11 is 0. The third-order valence-electron chi connectivity index (χ3n) is 2.36. The van der Waals surface area contributed by atoms with Gasteiger partial charge in [0.2, 0.25) is 0 Å². The van der Waals surface area contributed by atoms with Gasteiger partial charge in [-0.15, -0.1) is 0 Å². The molecule has 1 rings (SSSR count). The lowest BCUT2D eigenvalue weighted by Gasteiger charge is -2.22. The molecule has 0 radical (unpaired) electrons. The summed E-state index contributed by atoms with van der Waals surface area (Å²) in [5, 5.41) is 17.4. The van der Waals surface area contributed by atoms with Crippen molar-refractivity contribution in [2.45, 2.75) is 25.8 Å². The first kappa shape index (κ1) is 12.9. The van der Waals surface area contributed by atoms with Gasteiger partial charge in [-0.05, 0) is 13.3 Å². The zero-order valence-corrected chi connectivity index (χ0v) is 9.04. The Hall–Kier alpha value is -2.18. The van der Waals surface area contributed by atoms with Crippen LogP contribution in [0.4, 0.5) is 0 Å². The van der Waals surface area contributed by atoms with E-state index in [0.717, 1.165) is 6.08 Å². The second-order valence-electron chi connectivity index (χ2n) is 3.63. The van der Waals surface area contributed by atoms with E-state index in [2.05, 4.69) is 0 Å². The van der Waals surface area contributed by atoms with Crippen LogP contribution in [0.2, 0.25) is 0 Å². The predicted octanol–water partition coefficient (Wildman–Crippen LogP) is -0.380. The quantitative estimate of drug-likeness (QED) is 0.634. The van der Waals surface area contributed by atoms with Crippen LogP contribution in [0.15, 0.2) is 11.6 Å². The first-order chi connectivity index (χ1) is 7.84. The second-order valence-corrected chi connectivity index (χ2v) is 3.63. The molecule has 0 aliphatic carbocycles. The Labute approximate surface area is 96.3 Å².